The molecule has 1 aliphatic carbocycles. The summed E-state index contributed by atoms with van der Waals surface area (Å²) in [5.74, 6) is 0. The van der Waals surface area contributed by atoms with Gasteiger partial charge in [0.25, 0.3) is 0 Å². The van der Waals surface area contributed by atoms with E-state index in [1.54, 1.807) is 5.57 Å². The molecule has 0 amide bonds. The maximum absolute atomic E-state index is 2.48. The van der Waals surface area contributed by atoms with Gasteiger partial charge in [0.15, 0.2) is 0 Å². The van der Waals surface area contributed by atoms with E-state index in [9.17, 15) is 0 Å². The van der Waals surface area contributed by atoms with Crippen LogP contribution in [-0.2, 0) is 0 Å². The Balaban J connectivity index is 1.64. The highest BCUT2D eigenvalue weighted by Crippen LogP contribution is 2.28. The highest BCUT2D eigenvalue weighted by Gasteiger charge is 2.08. The lowest BCUT2D eigenvalue weighted by Gasteiger charge is -2.02. The zero-order chi connectivity index (χ0) is 12.9. The molecule has 0 nitrogen and oxygen atoms in total. The first-order valence-corrected chi connectivity index (χ1v) is 8.61. The lowest BCUT2D eigenvalue weighted by atomic mass is 10.0. The maximum atomic E-state index is 2.48. The molecule has 18 heavy (non-hydrogen) atoms. The number of hydrogen-bond donors (Lipinski definition) is 0. The number of hydrogen-bond acceptors (Lipinski definition) is 0. The van der Waals surface area contributed by atoms with Crippen LogP contribution in [0.3, 0.4) is 0 Å². The Bertz CT molecular complexity index is 196. The summed E-state index contributed by atoms with van der Waals surface area (Å²) in [5.41, 5.74) is 1.72. The fraction of sp³-hybridized carbons (Fsp3) is 0.889. The highest BCUT2D eigenvalue weighted by molar-refractivity contribution is 5.15. The standard InChI is InChI=1S/C18H34/c1-2-3-4-5-6-7-8-9-10-11-12-13-14-15-18-16-17-18/h15H,2-14,16-17H2,1H3. The molecule has 0 aromatic heterocycles. The normalized spacial score (nSPS) is 13.9. The predicted octanol–water partition coefficient (Wildman–Crippen LogP) is 6.80. The summed E-state index contributed by atoms with van der Waals surface area (Å²) in [4.78, 5) is 0. The van der Waals surface area contributed by atoms with Crippen LogP contribution in [-0.4, -0.2) is 0 Å². The van der Waals surface area contributed by atoms with Crippen LogP contribution in [0.1, 0.15) is 103 Å². The Morgan fingerprint density at radius 2 is 1.11 bits per heavy atom. The van der Waals surface area contributed by atoms with Crippen LogP contribution in [0.15, 0.2) is 11.6 Å². The number of rotatable bonds is 13. The van der Waals surface area contributed by atoms with Crippen molar-refractivity contribution in [2.24, 2.45) is 0 Å². The van der Waals surface area contributed by atoms with Crippen molar-refractivity contribution in [2.75, 3.05) is 0 Å². The molecule has 0 aromatic rings. The summed E-state index contributed by atoms with van der Waals surface area (Å²) < 4.78 is 0. The average Bonchev–Trinajstić information content (AvgIpc) is 3.19. The van der Waals surface area contributed by atoms with E-state index in [-0.39, 0.29) is 0 Å². The molecule has 0 bridgehead atoms. The molecule has 0 aliphatic heterocycles. The van der Waals surface area contributed by atoms with Crippen molar-refractivity contribution in [3.63, 3.8) is 0 Å². The molecule has 1 aliphatic rings. The van der Waals surface area contributed by atoms with Gasteiger partial charge in [-0.1, -0.05) is 89.2 Å². The Hall–Kier alpha value is -0.260. The predicted molar refractivity (Wildman–Crippen MR) is 83.0 cm³/mol. The molecule has 1 saturated carbocycles. The van der Waals surface area contributed by atoms with E-state index in [2.05, 4.69) is 13.0 Å². The fourth-order valence-corrected chi connectivity index (χ4v) is 2.57. The van der Waals surface area contributed by atoms with Crippen molar-refractivity contribution in [3.8, 4) is 0 Å². The van der Waals surface area contributed by atoms with Crippen molar-refractivity contribution in [1.29, 1.82) is 0 Å². The number of unbranched alkanes of at least 4 members (excludes halogenated alkanes) is 12. The molecule has 1 fully saturated rings. The largest absolute Gasteiger partial charge is 0.0853 e. The van der Waals surface area contributed by atoms with Crippen molar-refractivity contribution in [2.45, 2.75) is 103 Å². The third-order valence-electron chi connectivity index (χ3n) is 4.03. The first kappa shape index (κ1) is 15.8. The third-order valence-corrected chi connectivity index (χ3v) is 4.03. The minimum atomic E-state index is 1.35. The van der Waals surface area contributed by atoms with Gasteiger partial charge in [-0.2, -0.15) is 0 Å². The van der Waals surface area contributed by atoms with E-state index in [1.165, 1.54) is 96.3 Å². The van der Waals surface area contributed by atoms with Crippen LogP contribution in [0.4, 0.5) is 0 Å². The number of allylic oxidation sites excluding steroid dienone is 2. The summed E-state index contributed by atoms with van der Waals surface area (Å²) in [6, 6.07) is 0. The van der Waals surface area contributed by atoms with Gasteiger partial charge in [-0.25, -0.2) is 0 Å². The van der Waals surface area contributed by atoms with Gasteiger partial charge >= 0.3 is 0 Å². The Morgan fingerprint density at radius 1 is 0.667 bits per heavy atom. The molecular weight excluding hydrogens is 216 g/mol. The third kappa shape index (κ3) is 10.9. The summed E-state index contributed by atoms with van der Waals surface area (Å²) in [7, 11) is 0. The minimum Gasteiger partial charge on any atom is -0.0853 e. The molecule has 0 radical (unpaired) electrons. The average molecular weight is 250 g/mol. The lowest BCUT2D eigenvalue weighted by Crippen LogP contribution is -1.82. The van der Waals surface area contributed by atoms with Crippen LogP contribution < -0.4 is 0 Å². The molecule has 0 saturated heterocycles. The Kier molecular flexibility index (Phi) is 10.4. The van der Waals surface area contributed by atoms with Crippen LogP contribution in [0.25, 0.3) is 0 Å². The summed E-state index contributed by atoms with van der Waals surface area (Å²) in [5, 5.41) is 0. The molecule has 0 atom stereocenters. The van der Waals surface area contributed by atoms with Crippen LogP contribution in [0.5, 0.6) is 0 Å². The fourth-order valence-electron chi connectivity index (χ4n) is 2.57. The van der Waals surface area contributed by atoms with Gasteiger partial charge in [0.1, 0.15) is 0 Å². The summed E-state index contributed by atoms with van der Waals surface area (Å²) >= 11 is 0. The molecule has 0 spiro atoms. The van der Waals surface area contributed by atoms with E-state index in [1.807, 2.05) is 0 Å². The molecule has 106 valence electrons. The van der Waals surface area contributed by atoms with E-state index in [4.69, 9.17) is 0 Å². The molecule has 1 rings (SSSR count). The summed E-state index contributed by atoms with van der Waals surface area (Å²) in [6.07, 6.45) is 24.2. The van der Waals surface area contributed by atoms with Crippen molar-refractivity contribution < 1.29 is 0 Å². The second kappa shape index (κ2) is 11.8. The van der Waals surface area contributed by atoms with Crippen LogP contribution >= 0.6 is 0 Å². The van der Waals surface area contributed by atoms with Gasteiger partial charge in [0.05, 0.1) is 0 Å². The maximum Gasteiger partial charge on any atom is -0.0283 e. The zero-order valence-electron chi connectivity index (χ0n) is 12.7. The SMILES string of the molecule is CCCCCCCCCCCCCCC=C1CC1. The minimum absolute atomic E-state index is 1.35. The lowest BCUT2D eigenvalue weighted by molar-refractivity contribution is 0.545. The van der Waals surface area contributed by atoms with Gasteiger partial charge in [0, 0.05) is 0 Å². The van der Waals surface area contributed by atoms with Crippen LogP contribution in [0, 0.1) is 0 Å². The summed E-state index contributed by atoms with van der Waals surface area (Å²) in [6.45, 7) is 2.29. The monoisotopic (exact) mass is 250 g/mol. The zero-order valence-corrected chi connectivity index (χ0v) is 12.7. The topological polar surface area (TPSA) is 0 Å². The van der Waals surface area contributed by atoms with E-state index in [0.717, 1.165) is 0 Å². The molecule has 0 N–H and O–H groups in total. The van der Waals surface area contributed by atoms with Crippen molar-refractivity contribution >= 4 is 0 Å². The van der Waals surface area contributed by atoms with Crippen LogP contribution in [0.2, 0.25) is 0 Å². The molecule has 0 unspecified atom stereocenters. The van der Waals surface area contributed by atoms with E-state index in [0.29, 0.717) is 0 Å². The van der Waals surface area contributed by atoms with Gasteiger partial charge in [-0.05, 0) is 25.7 Å². The second-order valence-electron chi connectivity index (χ2n) is 6.04. The van der Waals surface area contributed by atoms with Crippen molar-refractivity contribution in [3.05, 3.63) is 11.6 Å². The van der Waals surface area contributed by atoms with Crippen molar-refractivity contribution in [1.82, 2.24) is 0 Å². The van der Waals surface area contributed by atoms with E-state index < -0.39 is 0 Å². The molecular formula is C18H34. The Morgan fingerprint density at radius 3 is 1.56 bits per heavy atom. The molecule has 0 aromatic carbocycles. The molecule has 0 heteroatoms. The first-order chi connectivity index (χ1) is 8.93. The van der Waals surface area contributed by atoms with Gasteiger partial charge in [0.2, 0.25) is 0 Å². The quantitative estimate of drug-likeness (QED) is 0.249. The second-order valence-corrected chi connectivity index (χ2v) is 6.04. The smallest absolute Gasteiger partial charge is 0.0283 e. The molecule has 0 heterocycles. The van der Waals surface area contributed by atoms with E-state index >= 15 is 0 Å². The first-order valence-electron chi connectivity index (χ1n) is 8.61. The highest BCUT2D eigenvalue weighted by atomic mass is 14.1. The van der Waals surface area contributed by atoms with Gasteiger partial charge in [-0.3, -0.25) is 0 Å². The van der Waals surface area contributed by atoms with Gasteiger partial charge < -0.3 is 0 Å². The van der Waals surface area contributed by atoms with Gasteiger partial charge in [-0.15, -0.1) is 0 Å². The Labute approximate surface area is 115 Å².